The fraction of sp³-hybridized carbons (Fsp3) is 0.0667. The Morgan fingerprint density at radius 3 is 2.90 bits per heavy atom. The highest BCUT2D eigenvalue weighted by Crippen LogP contribution is 2.20. The van der Waals surface area contributed by atoms with E-state index in [4.69, 9.17) is 5.11 Å². The summed E-state index contributed by atoms with van der Waals surface area (Å²) in [5, 5.41) is 21.0. The number of carbonyl (C=O) groups excluding carboxylic acids is 1. The Kier molecular flexibility index (Phi) is 5.14. The molecule has 0 saturated carbocycles. The fourth-order valence-electron chi connectivity index (χ4n) is 1.58. The maximum atomic E-state index is 12.1. The van der Waals surface area contributed by atoms with Gasteiger partial charge in [0.1, 0.15) is 23.9 Å². The molecule has 2 aromatic rings. The van der Waals surface area contributed by atoms with E-state index >= 15 is 0 Å². The lowest BCUT2D eigenvalue weighted by atomic mass is 10.2. The maximum absolute atomic E-state index is 12.1. The second-order valence-corrected chi connectivity index (χ2v) is 5.23. The lowest BCUT2D eigenvalue weighted by Crippen LogP contribution is -2.13. The largest absolute Gasteiger partial charge is 0.507 e. The average Bonchev–Trinajstić information content (AvgIpc) is 2.48. The summed E-state index contributed by atoms with van der Waals surface area (Å²) in [6.07, 6.45) is 0. The molecule has 5 nitrogen and oxygen atoms in total. The zero-order chi connectivity index (χ0) is 15.2. The van der Waals surface area contributed by atoms with Crippen molar-refractivity contribution in [2.45, 2.75) is 0 Å². The van der Waals surface area contributed by atoms with E-state index in [1.165, 1.54) is 6.07 Å². The zero-order valence-corrected chi connectivity index (χ0v) is 13.0. The van der Waals surface area contributed by atoms with Gasteiger partial charge in [-0.05, 0) is 58.8 Å². The number of aromatic hydroxyl groups is 1. The molecule has 0 saturated heterocycles. The molecule has 6 heteroatoms. The van der Waals surface area contributed by atoms with Crippen LogP contribution in [0.4, 0.5) is 5.82 Å². The van der Waals surface area contributed by atoms with Crippen molar-refractivity contribution in [1.29, 1.82) is 0 Å². The highest BCUT2D eigenvalue weighted by atomic mass is 127. The predicted octanol–water partition coefficient (Wildman–Crippen LogP) is 1.99. The molecule has 0 atom stereocenters. The summed E-state index contributed by atoms with van der Waals surface area (Å²) in [5.74, 6) is 4.91. The van der Waals surface area contributed by atoms with Crippen LogP contribution >= 0.6 is 22.6 Å². The number of phenolic OH excluding ortho intramolecular Hbond substituents is 1. The Labute approximate surface area is 135 Å². The van der Waals surface area contributed by atoms with Crippen molar-refractivity contribution < 1.29 is 15.0 Å². The third-order valence-electron chi connectivity index (χ3n) is 2.49. The standard InChI is InChI=1S/C15H11IN2O3/c16-10-6-7-13(20)12(9-10)15(21)18-14-5-1-3-11(17-14)4-2-8-19/h1,3,5-7,9,19-20H,8H2,(H,17,18,21). The molecule has 0 bridgehead atoms. The average molecular weight is 394 g/mol. The van der Waals surface area contributed by atoms with Crippen LogP contribution in [-0.2, 0) is 0 Å². The van der Waals surface area contributed by atoms with Crippen LogP contribution in [0.2, 0.25) is 0 Å². The first-order valence-corrected chi connectivity index (χ1v) is 7.04. The van der Waals surface area contributed by atoms with Gasteiger partial charge in [-0.15, -0.1) is 0 Å². The highest BCUT2D eigenvalue weighted by Gasteiger charge is 2.12. The zero-order valence-electron chi connectivity index (χ0n) is 10.8. The Morgan fingerprint density at radius 1 is 1.33 bits per heavy atom. The van der Waals surface area contributed by atoms with E-state index in [0.29, 0.717) is 11.5 Å². The van der Waals surface area contributed by atoms with Gasteiger partial charge in [-0.2, -0.15) is 0 Å². The quantitative estimate of drug-likeness (QED) is 0.538. The van der Waals surface area contributed by atoms with Gasteiger partial charge in [0.25, 0.3) is 5.91 Å². The van der Waals surface area contributed by atoms with Crippen LogP contribution in [0.15, 0.2) is 36.4 Å². The van der Waals surface area contributed by atoms with E-state index < -0.39 is 5.91 Å². The summed E-state index contributed by atoms with van der Waals surface area (Å²) in [6.45, 7) is -0.255. The summed E-state index contributed by atoms with van der Waals surface area (Å²) in [4.78, 5) is 16.2. The number of carbonyl (C=O) groups is 1. The number of benzene rings is 1. The maximum Gasteiger partial charge on any atom is 0.260 e. The minimum atomic E-state index is -0.453. The van der Waals surface area contributed by atoms with Crippen molar-refractivity contribution >= 4 is 34.3 Å². The van der Waals surface area contributed by atoms with Crippen LogP contribution in [0.25, 0.3) is 0 Å². The molecule has 106 valence electrons. The Bertz CT molecular complexity index is 735. The van der Waals surface area contributed by atoms with Gasteiger partial charge in [-0.1, -0.05) is 12.0 Å². The van der Waals surface area contributed by atoms with Gasteiger partial charge < -0.3 is 15.5 Å². The van der Waals surface area contributed by atoms with Crippen LogP contribution in [0.3, 0.4) is 0 Å². The number of pyridine rings is 1. The molecule has 0 aliphatic carbocycles. The number of aromatic nitrogens is 1. The summed E-state index contributed by atoms with van der Waals surface area (Å²) < 4.78 is 0.839. The number of nitrogens with one attached hydrogen (secondary N) is 1. The number of nitrogens with zero attached hydrogens (tertiary/aromatic N) is 1. The molecule has 1 amide bonds. The molecule has 0 fully saturated rings. The van der Waals surface area contributed by atoms with Crippen molar-refractivity contribution in [3.8, 4) is 17.6 Å². The van der Waals surface area contributed by atoms with Crippen LogP contribution in [0, 0.1) is 15.4 Å². The van der Waals surface area contributed by atoms with E-state index in [-0.39, 0.29) is 17.9 Å². The molecular formula is C15H11IN2O3. The van der Waals surface area contributed by atoms with E-state index in [2.05, 4.69) is 44.7 Å². The van der Waals surface area contributed by atoms with Crippen molar-refractivity contribution in [1.82, 2.24) is 4.98 Å². The number of hydrogen-bond acceptors (Lipinski definition) is 4. The molecule has 0 unspecified atom stereocenters. The second-order valence-electron chi connectivity index (χ2n) is 3.98. The highest BCUT2D eigenvalue weighted by molar-refractivity contribution is 14.1. The predicted molar refractivity (Wildman–Crippen MR) is 87.0 cm³/mol. The summed E-state index contributed by atoms with van der Waals surface area (Å²) in [5.41, 5.74) is 0.615. The third kappa shape index (κ3) is 4.18. The van der Waals surface area contributed by atoms with Crippen LogP contribution in [0.1, 0.15) is 16.1 Å². The molecule has 0 aliphatic rings. The number of phenols is 1. The number of aliphatic hydroxyl groups is 1. The molecule has 1 aromatic carbocycles. The lowest BCUT2D eigenvalue weighted by molar-refractivity contribution is 0.102. The van der Waals surface area contributed by atoms with Gasteiger partial charge in [-0.3, -0.25) is 4.79 Å². The van der Waals surface area contributed by atoms with Gasteiger partial charge >= 0.3 is 0 Å². The smallest absolute Gasteiger partial charge is 0.260 e. The lowest BCUT2D eigenvalue weighted by Gasteiger charge is -2.07. The van der Waals surface area contributed by atoms with Crippen LogP contribution in [0.5, 0.6) is 5.75 Å². The van der Waals surface area contributed by atoms with Crippen molar-refractivity contribution in [3.63, 3.8) is 0 Å². The first-order chi connectivity index (χ1) is 10.1. The van der Waals surface area contributed by atoms with Crippen LogP contribution in [-0.4, -0.2) is 27.7 Å². The third-order valence-corrected chi connectivity index (χ3v) is 3.16. The number of rotatable bonds is 2. The fourth-order valence-corrected chi connectivity index (χ4v) is 2.07. The summed E-state index contributed by atoms with van der Waals surface area (Å²) in [7, 11) is 0. The molecular weight excluding hydrogens is 383 g/mol. The van der Waals surface area contributed by atoms with Crippen LogP contribution < -0.4 is 5.32 Å². The molecule has 2 rings (SSSR count). The molecule has 3 N–H and O–H groups in total. The first kappa shape index (κ1) is 15.3. The molecule has 0 radical (unpaired) electrons. The monoisotopic (exact) mass is 394 g/mol. The van der Waals surface area contributed by atoms with Gasteiger partial charge in [0.2, 0.25) is 0 Å². The summed E-state index contributed by atoms with van der Waals surface area (Å²) in [6, 6.07) is 9.73. The molecule has 0 spiro atoms. The van der Waals surface area contributed by atoms with Crippen molar-refractivity contribution in [2.75, 3.05) is 11.9 Å². The minimum Gasteiger partial charge on any atom is -0.507 e. The van der Waals surface area contributed by atoms with Crippen molar-refractivity contribution in [3.05, 3.63) is 51.2 Å². The van der Waals surface area contributed by atoms with E-state index in [1.54, 1.807) is 30.3 Å². The normalized spacial score (nSPS) is 9.62. The van der Waals surface area contributed by atoms with E-state index in [0.717, 1.165) is 3.57 Å². The van der Waals surface area contributed by atoms with Gasteiger partial charge in [0.05, 0.1) is 5.56 Å². The number of hydrogen-bond donors (Lipinski definition) is 3. The number of aliphatic hydroxyl groups excluding tert-OH is 1. The van der Waals surface area contributed by atoms with E-state index in [9.17, 15) is 9.90 Å². The number of amides is 1. The molecule has 1 heterocycles. The Balaban J connectivity index is 2.21. The molecule has 0 aliphatic heterocycles. The minimum absolute atomic E-state index is 0.0934. The second kappa shape index (κ2) is 7.06. The topological polar surface area (TPSA) is 82.5 Å². The number of anilines is 1. The SMILES string of the molecule is O=C(Nc1cccc(C#CCO)n1)c1cc(I)ccc1O. The Morgan fingerprint density at radius 2 is 2.14 bits per heavy atom. The summed E-state index contributed by atoms with van der Waals surface area (Å²) >= 11 is 2.06. The van der Waals surface area contributed by atoms with E-state index in [1.807, 2.05) is 0 Å². The van der Waals surface area contributed by atoms with Crippen molar-refractivity contribution in [2.24, 2.45) is 0 Å². The number of halogens is 1. The van der Waals surface area contributed by atoms with Gasteiger partial charge in [-0.25, -0.2) is 4.98 Å². The first-order valence-electron chi connectivity index (χ1n) is 5.97. The molecule has 21 heavy (non-hydrogen) atoms. The van der Waals surface area contributed by atoms with Gasteiger partial charge in [0, 0.05) is 3.57 Å². The molecule has 1 aromatic heterocycles. The Hall–Kier alpha value is -2.11. The van der Waals surface area contributed by atoms with Gasteiger partial charge in [0.15, 0.2) is 0 Å².